The second-order valence-corrected chi connectivity index (χ2v) is 8.36. The molecular formula is C21H30N6O. The molecule has 1 aliphatic heterocycles. The predicted molar refractivity (Wildman–Crippen MR) is 108 cm³/mol. The van der Waals surface area contributed by atoms with Crippen LogP contribution in [0.3, 0.4) is 0 Å². The number of nitrogens with zero attached hydrogens (tertiary/aromatic N) is 5. The Balaban J connectivity index is 1.30. The van der Waals surface area contributed by atoms with E-state index in [1.807, 2.05) is 43.9 Å². The molecule has 0 bridgehead atoms. The zero-order valence-corrected chi connectivity index (χ0v) is 17.1. The summed E-state index contributed by atoms with van der Waals surface area (Å²) in [4.78, 5) is 28.6. The molecule has 1 aliphatic carbocycles. The van der Waals surface area contributed by atoms with Crippen molar-refractivity contribution in [2.75, 3.05) is 18.0 Å². The molecule has 0 unspecified atom stereocenters. The van der Waals surface area contributed by atoms with Gasteiger partial charge in [-0.25, -0.2) is 15.0 Å². The fourth-order valence-corrected chi connectivity index (χ4v) is 4.18. The lowest BCUT2D eigenvalue weighted by molar-refractivity contribution is -0.123. The standard InChI is InChI=1S/C21H30N6O/c1-14-12-15(2)24-21(23-14)27-9-6-16(7-10-27)13-18(28)25-19(17-4-5-17)20-22-8-11-26(20)3/h8,11-12,16-17,19H,4-7,9-10,13H2,1-3H3,(H,25,28)/t19-/m1/s1. The van der Waals surface area contributed by atoms with Crippen molar-refractivity contribution in [1.29, 1.82) is 0 Å². The second kappa shape index (κ2) is 7.89. The molecule has 28 heavy (non-hydrogen) atoms. The van der Waals surface area contributed by atoms with Gasteiger partial charge in [-0.2, -0.15) is 0 Å². The minimum Gasteiger partial charge on any atom is -0.346 e. The van der Waals surface area contributed by atoms with E-state index < -0.39 is 0 Å². The molecule has 7 nitrogen and oxygen atoms in total. The molecule has 2 aromatic rings. The van der Waals surface area contributed by atoms with Crippen LogP contribution in [0.2, 0.25) is 0 Å². The first-order valence-corrected chi connectivity index (χ1v) is 10.3. The lowest BCUT2D eigenvalue weighted by atomic mass is 9.93. The fraction of sp³-hybridized carbons (Fsp3) is 0.619. The van der Waals surface area contributed by atoms with Crippen LogP contribution in [0, 0.1) is 25.7 Å². The lowest BCUT2D eigenvalue weighted by Crippen LogP contribution is -2.38. The van der Waals surface area contributed by atoms with Gasteiger partial charge < -0.3 is 14.8 Å². The van der Waals surface area contributed by atoms with E-state index in [4.69, 9.17) is 0 Å². The van der Waals surface area contributed by atoms with Crippen LogP contribution >= 0.6 is 0 Å². The minimum absolute atomic E-state index is 0.0521. The average Bonchev–Trinajstić information content (AvgIpc) is 3.41. The van der Waals surface area contributed by atoms with Crippen molar-refractivity contribution < 1.29 is 4.79 Å². The van der Waals surface area contributed by atoms with Crippen LogP contribution in [0.15, 0.2) is 18.5 Å². The van der Waals surface area contributed by atoms with Crippen LogP contribution in [0.4, 0.5) is 5.95 Å². The summed E-state index contributed by atoms with van der Waals surface area (Å²) in [5.74, 6) is 2.90. The van der Waals surface area contributed by atoms with Crippen LogP contribution < -0.4 is 10.2 Å². The number of anilines is 1. The third kappa shape index (κ3) is 4.34. The van der Waals surface area contributed by atoms with Gasteiger partial charge in [0.05, 0.1) is 6.04 Å². The molecule has 1 amide bonds. The molecule has 2 aromatic heterocycles. The Labute approximate surface area is 166 Å². The van der Waals surface area contributed by atoms with Gasteiger partial charge in [-0.3, -0.25) is 4.79 Å². The molecular weight excluding hydrogens is 352 g/mol. The monoisotopic (exact) mass is 382 g/mol. The first-order valence-electron chi connectivity index (χ1n) is 10.3. The largest absolute Gasteiger partial charge is 0.346 e. The molecule has 150 valence electrons. The molecule has 1 N–H and O–H groups in total. The zero-order chi connectivity index (χ0) is 19.7. The van der Waals surface area contributed by atoms with Crippen LogP contribution in [-0.4, -0.2) is 38.5 Å². The van der Waals surface area contributed by atoms with Crippen molar-refractivity contribution in [1.82, 2.24) is 24.8 Å². The number of aryl methyl sites for hydroxylation is 3. The van der Waals surface area contributed by atoms with E-state index in [9.17, 15) is 4.79 Å². The van der Waals surface area contributed by atoms with Gasteiger partial charge >= 0.3 is 0 Å². The summed E-state index contributed by atoms with van der Waals surface area (Å²) in [6, 6.07) is 2.05. The summed E-state index contributed by atoms with van der Waals surface area (Å²) in [7, 11) is 1.99. The highest BCUT2D eigenvalue weighted by atomic mass is 16.1. The highest BCUT2D eigenvalue weighted by Gasteiger charge is 2.36. The van der Waals surface area contributed by atoms with Gasteiger partial charge in [-0.05, 0) is 57.4 Å². The van der Waals surface area contributed by atoms with Gasteiger partial charge in [0, 0.05) is 50.3 Å². The van der Waals surface area contributed by atoms with E-state index in [0.717, 1.165) is 49.1 Å². The predicted octanol–water partition coefficient (Wildman–Crippen LogP) is 2.70. The van der Waals surface area contributed by atoms with Crippen LogP contribution in [0.5, 0.6) is 0 Å². The summed E-state index contributed by atoms with van der Waals surface area (Å²) < 4.78 is 2.02. The summed E-state index contributed by atoms with van der Waals surface area (Å²) >= 11 is 0. The van der Waals surface area contributed by atoms with Crippen molar-refractivity contribution in [2.24, 2.45) is 18.9 Å². The Kier molecular flexibility index (Phi) is 5.33. The molecule has 0 aromatic carbocycles. The maximum atomic E-state index is 12.7. The first-order chi connectivity index (χ1) is 13.5. The number of aromatic nitrogens is 4. The van der Waals surface area contributed by atoms with Crippen molar-refractivity contribution in [3.05, 3.63) is 35.7 Å². The summed E-state index contributed by atoms with van der Waals surface area (Å²) in [6.45, 7) is 5.83. The molecule has 1 atom stereocenters. The van der Waals surface area contributed by atoms with Gasteiger partial charge in [0.2, 0.25) is 11.9 Å². The van der Waals surface area contributed by atoms with Crippen molar-refractivity contribution in [2.45, 2.75) is 52.0 Å². The Hall–Kier alpha value is -2.44. The number of imidazole rings is 1. The topological polar surface area (TPSA) is 75.9 Å². The smallest absolute Gasteiger partial charge is 0.225 e. The SMILES string of the molecule is Cc1cc(C)nc(N2CCC(CC(=O)N[C@@H](c3nccn3C)C3CC3)CC2)n1. The van der Waals surface area contributed by atoms with E-state index in [1.165, 1.54) is 12.8 Å². The number of carbonyl (C=O) groups is 1. The first kappa shape index (κ1) is 18.9. The van der Waals surface area contributed by atoms with Crippen LogP contribution in [-0.2, 0) is 11.8 Å². The average molecular weight is 383 g/mol. The molecule has 0 radical (unpaired) electrons. The summed E-state index contributed by atoms with van der Waals surface area (Å²) in [5, 5.41) is 3.27. The molecule has 3 heterocycles. The molecule has 0 spiro atoms. The van der Waals surface area contributed by atoms with Gasteiger partial charge in [0.15, 0.2) is 0 Å². The molecule has 4 rings (SSSR count). The normalized spacial score (nSPS) is 18.9. The lowest BCUT2D eigenvalue weighted by Gasteiger charge is -2.32. The second-order valence-electron chi connectivity index (χ2n) is 8.36. The van der Waals surface area contributed by atoms with E-state index in [0.29, 0.717) is 18.3 Å². The van der Waals surface area contributed by atoms with E-state index in [2.05, 4.69) is 25.2 Å². The van der Waals surface area contributed by atoms with E-state index in [1.54, 1.807) is 0 Å². The molecule has 7 heteroatoms. The van der Waals surface area contributed by atoms with Crippen LogP contribution in [0.1, 0.15) is 55.4 Å². The Bertz CT molecular complexity index is 815. The van der Waals surface area contributed by atoms with E-state index in [-0.39, 0.29) is 11.9 Å². The molecule has 1 saturated carbocycles. The third-order valence-corrected chi connectivity index (χ3v) is 5.89. The maximum absolute atomic E-state index is 12.7. The van der Waals surface area contributed by atoms with Gasteiger partial charge in [-0.15, -0.1) is 0 Å². The van der Waals surface area contributed by atoms with Gasteiger partial charge in [0.1, 0.15) is 5.82 Å². The van der Waals surface area contributed by atoms with Crippen molar-refractivity contribution in [3.63, 3.8) is 0 Å². The summed E-state index contributed by atoms with van der Waals surface area (Å²) in [5.41, 5.74) is 2.01. The van der Waals surface area contributed by atoms with Crippen LogP contribution in [0.25, 0.3) is 0 Å². The molecule has 1 saturated heterocycles. The third-order valence-electron chi connectivity index (χ3n) is 5.89. The summed E-state index contributed by atoms with van der Waals surface area (Å²) in [6.07, 6.45) is 8.69. The number of rotatable bonds is 6. The zero-order valence-electron chi connectivity index (χ0n) is 17.1. The Morgan fingerprint density at radius 3 is 2.43 bits per heavy atom. The Morgan fingerprint density at radius 2 is 1.86 bits per heavy atom. The number of carbonyl (C=O) groups excluding carboxylic acids is 1. The Morgan fingerprint density at radius 1 is 1.18 bits per heavy atom. The van der Waals surface area contributed by atoms with Crippen molar-refractivity contribution >= 4 is 11.9 Å². The van der Waals surface area contributed by atoms with Gasteiger partial charge in [-0.1, -0.05) is 0 Å². The number of piperidine rings is 1. The number of nitrogens with one attached hydrogen (secondary N) is 1. The number of hydrogen-bond donors (Lipinski definition) is 1. The molecule has 2 fully saturated rings. The highest BCUT2D eigenvalue weighted by molar-refractivity contribution is 5.76. The fourth-order valence-electron chi connectivity index (χ4n) is 4.18. The maximum Gasteiger partial charge on any atom is 0.225 e. The minimum atomic E-state index is 0.0521. The van der Waals surface area contributed by atoms with E-state index >= 15 is 0 Å². The number of hydrogen-bond acceptors (Lipinski definition) is 5. The van der Waals surface area contributed by atoms with Gasteiger partial charge in [0.25, 0.3) is 0 Å². The molecule has 2 aliphatic rings. The highest BCUT2D eigenvalue weighted by Crippen LogP contribution is 2.40. The number of amides is 1. The quantitative estimate of drug-likeness (QED) is 0.831. The van der Waals surface area contributed by atoms with Crippen molar-refractivity contribution in [3.8, 4) is 0 Å².